The second-order valence-corrected chi connectivity index (χ2v) is 1.93. The Hall–Kier alpha value is 0.110. The largest absolute Gasteiger partial charge is 0.344 e. The van der Waals surface area contributed by atoms with Crippen LogP contribution in [0.5, 0.6) is 0 Å². The summed E-state index contributed by atoms with van der Waals surface area (Å²) in [6, 6.07) is 0. The Balaban J connectivity index is 0. The second kappa shape index (κ2) is 7.11. The molecule has 0 rings (SSSR count). The highest BCUT2D eigenvalue weighted by molar-refractivity contribution is 7.32. The lowest BCUT2D eigenvalue weighted by Crippen LogP contribution is -1.79. The normalized spacial score (nSPS) is 12.2. The Kier molecular flexibility index (Phi) is 9.76. The molecule has 0 aliphatic carbocycles. The van der Waals surface area contributed by atoms with Crippen LogP contribution in [0.2, 0.25) is 0 Å². The molecule has 8 heavy (non-hydrogen) atoms. The summed E-state index contributed by atoms with van der Waals surface area (Å²) in [5.41, 5.74) is 0. The van der Waals surface area contributed by atoms with E-state index in [2.05, 4.69) is 4.52 Å². The quantitative estimate of drug-likeness (QED) is 0.573. The zero-order valence-corrected chi connectivity index (χ0v) is 5.89. The van der Waals surface area contributed by atoms with Crippen LogP contribution in [0.15, 0.2) is 0 Å². The minimum atomic E-state index is -2.65. The van der Waals surface area contributed by atoms with Crippen LogP contribution in [0.4, 0.5) is 0 Å². The van der Waals surface area contributed by atoms with Gasteiger partial charge in [-0.25, -0.2) is 0 Å². The van der Waals surface area contributed by atoms with Gasteiger partial charge >= 0.3 is 8.25 Å². The molecule has 0 bridgehead atoms. The Morgan fingerprint density at radius 2 is 2.25 bits per heavy atom. The Morgan fingerprint density at radius 1 is 1.75 bits per heavy atom. The first-order valence-electron chi connectivity index (χ1n) is 2.13. The van der Waals surface area contributed by atoms with Crippen molar-refractivity contribution >= 4 is 8.25 Å². The molecule has 0 spiro atoms. The van der Waals surface area contributed by atoms with Crippen LogP contribution < -0.4 is 6.15 Å². The summed E-state index contributed by atoms with van der Waals surface area (Å²) < 4.78 is 14.0. The van der Waals surface area contributed by atoms with E-state index in [9.17, 15) is 4.57 Å². The highest BCUT2D eigenvalue weighted by Gasteiger charge is 1.85. The van der Waals surface area contributed by atoms with Crippen LogP contribution in [-0.4, -0.2) is 11.5 Å². The van der Waals surface area contributed by atoms with Crippen molar-refractivity contribution in [3.63, 3.8) is 0 Å². The average molecular weight is 141 g/mol. The zero-order chi connectivity index (χ0) is 5.70. The van der Waals surface area contributed by atoms with Gasteiger partial charge in [0.2, 0.25) is 0 Å². The van der Waals surface area contributed by atoms with Crippen LogP contribution >= 0.6 is 8.25 Å². The SMILES string of the molecule is CCCO[PH](=O)O.N. The van der Waals surface area contributed by atoms with Gasteiger partial charge in [0.1, 0.15) is 0 Å². The minimum absolute atomic E-state index is 0. The second-order valence-electron chi connectivity index (χ2n) is 1.11. The van der Waals surface area contributed by atoms with Gasteiger partial charge in [-0.15, -0.1) is 0 Å². The van der Waals surface area contributed by atoms with E-state index < -0.39 is 8.25 Å². The van der Waals surface area contributed by atoms with E-state index in [-0.39, 0.29) is 6.15 Å². The van der Waals surface area contributed by atoms with Gasteiger partial charge in [-0.3, -0.25) is 4.57 Å². The number of hydrogen-bond donors (Lipinski definition) is 2. The molecule has 0 saturated carbocycles. The number of rotatable bonds is 3. The molecule has 52 valence electrons. The minimum Gasteiger partial charge on any atom is -0.344 e. The summed E-state index contributed by atoms with van der Waals surface area (Å²) in [6.45, 7) is 2.26. The van der Waals surface area contributed by atoms with Crippen molar-refractivity contribution in [3.05, 3.63) is 0 Å². The fourth-order valence-corrected chi connectivity index (χ4v) is 0.568. The topological polar surface area (TPSA) is 81.5 Å². The van der Waals surface area contributed by atoms with E-state index in [0.717, 1.165) is 6.42 Å². The third kappa shape index (κ3) is 9.44. The molecule has 0 saturated heterocycles. The average Bonchev–Trinajstić information content (AvgIpc) is 1.61. The lowest BCUT2D eigenvalue weighted by Gasteiger charge is -1.91. The van der Waals surface area contributed by atoms with Gasteiger partial charge in [-0.2, -0.15) is 0 Å². The summed E-state index contributed by atoms with van der Waals surface area (Å²) >= 11 is 0. The van der Waals surface area contributed by atoms with Crippen molar-refractivity contribution in [1.82, 2.24) is 6.15 Å². The molecular formula is C3H12NO3P. The first-order chi connectivity index (χ1) is 3.27. The highest BCUT2D eigenvalue weighted by Crippen LogP contribution is 2.13. The molecule has 1 unspecified atom stereocenters. The van der Waals surface area contributed by atoms with Gasteiger partial charge in [0.05, 0.1) is 6.61 Å². The smallest absolute Gasteiger partial charge is 0.316 e. The van der Waals surface area contributed by atoms with Crippen molar-refractivity contribution in [1.29, 1.82) is 0 Å². The van der Waals surface area contributed by atoms with Crippen LogP contribution in [0.1, 0.15) is 13.3 Å². The third-order valence-electron chi connectivity index (χ3n) is 0.430. The first-order valence-corrected chi connectivity index (χ1v) is 3.39. The van der Waals surface area contributed by atoms with E-state index in [4.69, 9.17) is 4.89 Å². The van der Waals surface area contributed by atoms with E-state index in [1.165, 1.54) is 0 Å². The summed E-state index contributed by atoms with van der Waals surface area (Å²) in [4.78, 5) is 8.01. The number of hydrogen-bond acceptors (Lipinski definition) is 3. The molecule has 0 heterocycles. The van der Waals surface area contributed by atoms with Crippen molar-refractivity contribution < 1.29 is 14.0 Å². The Morgan fingerprint density at radius 3 is 2.38 bits per heavy atom. The van der Waals surface area contributed by atoms with E-state index in [1.807, 2.05) is 6.92 Å². The lowest BCUT2D eigenvalue weighted by molar-refractivity contribution is 0.282. The maximum Gasteiger partial charge on any atom is 0.316 e. The maximum absolute atomic E-state index is 9.72. The van der Waals surface area contributed by atoms with E-state index in [1.54, 1.807) is 0 Å². The van der Waals surface area contributed by atoms with Gasteiger partial charge < -0.3 is 15.6 Å². The zero-order valence-electron chi connectivity index (χ0n) is 4.89. The first kappa shape index (κ1) is 11.0. The summed E-state index contributed by atoms with van der Waals surface area (Å²) in [5, 5.41) is 0. The molecule has 0 amide bonds. The third-order valence-corrected chi connectivity index (χ3v) is 0.881. The predicted molar refractivity (Wildman–Crippen MR) is 32.5 cm³/mol. The van der Waals surface area contributed by atoms with Crippen LogP contribution in [-0.2, 0) is 9.09 Å². The maximum atomic E-state index is 9.72. The van der Waals surface area contributed by atoms with Crippen molar-refractivity contribution in [2.24, 2.45) is 0 Å². The molecule has 0 aliphatic heterocycles. The van der Waals surface area contributed by atoms with E-state index >= 15 is 0 Å². The van der Waals surface area contributed by atoms with Crippen LogP contribution in [0, 0.1) is 0 Å². The molecular weight excluding hydrogens is 129 g/mol. The summed E-state index contributed by atoms with van der Waals surface area (Å²) in [5.74, 6) is 0. The summed E-state index contributed by atoms with van der Waals surface area (Å²) in [6.07, 6.45) is 0.789. The van der Waals surface area contributed by atoms with Crippen molar-refractivity contribution in [3.8, 4) is 0 Å². The molecule has 0 aromatic heterocycles. The Labute approximate surface area is 49.4 Å². The van der Waals surface area contributed by atoms with Gasteiger partial charge in [0, 0.05) is 0 Å². The van der Waals surface area contributed by atoms with E-state index in [0.29, 0.717) is 6.61 Å². The fraction of sp³-hybridized carbons (Fsp3) is 1.00. The van der Waals surface area contributed by atoms with Crippen molar-refractivity contribution in [2.75, 3.05) is 6.61 Å². The molecule has 5 heteroatoms. The van der Waals surface area contributed by atoms with Gasteiger partial charge in [-0.05, 0) is 6.42 Å². The molecule has 0 fully saturated rings. The molecule has 4 nitrogen and oxygen atoms in total. The van der Waals surface area contributed by atoms with Gasteiger partial charge in [-0.1, -0.05) is 6.92 Å². The molecule has 1 atom stereocenters. The predicted octanol–water partition coefficient (Wildman–Crippen LogP) is 0.957. The Bertz CT molecular complexity index is 67.5. The summed E-state index contributed by atoms with van der Waals surface area (Å²) in [7, 11) is -2.65. The standard InChI is InChI=1S/C3H9O3P.H3N/c1-2-3-6-7(4)5;/h7H,2-3H2,1H3,(H,4,5);1H3. The molecule has 0 aromatic rings. The lowest BCUT2D eigenvalue weighted by atomic mass is 10.5. The molecule has 0 aliphatic rings. The van der Waals surface area contributed by atoms with Crippen LogP contribution in [0.3, 0.4) is 0 Å². The highest BCUT2D eigenvalue weighted by atomic mass is 31.1. The van der Waals surface area contributed by atoms with Crippen molar-refractivity contribution in [2.45, 2.75) is 13.3 Å². The monoisotopic (exact) mass is 141 g/mol. The molecule has 0 aromatic carbocycles. The molecule has 0 radical (unpaired) electrons. The fourth-order valence-electron chi connectivity index (χ4n) is 0.189. The van der Waals surface area contributed by atoms with Gasteiger partial charge in [0.15, 0.2) is 0 Å². The van der Waals surface area contributed by atoms with Crippen LogP contribution in [0.25, 0.3) is 0 Å². The van der Waals surface area contributed by atoms with Gasteiger partial charge in [0.25, 0.3) is 0 Å². The molecule has 4 N–H and O–H groups in total.